The van der Waals surface area contributed by atoms with E-state index in [0.717, 1.165) is 40.2 Å². The number of fused-ring (bicyclic) bond motifs is 1. The molecular formula is C26H30N2O2. The van der Waals surface area contributed by atoms with Crippen LogP contribution in [0.4, 0.5) is 11.4 Å². The number of aromatic hydroxyl groups is 1. The highest BCUT2D eigenvalue weighted by Gasteiger charge is 2.39. The van der Waals surface area contributed by atoms with Crippen LogP contribution in [0, 0.1) is 19.3 Å². The largest absolute Gasteiger partial charge is 0.507 e. The van der Waals surface area contributed by atoms with Crippen LogP contribution in [-0.2, 0) is 11.2 Å². The fraction of sp³-hybridized carbons (Fsp3) is 0.346. The predicted octanol–water partition coefficient (Wildman–Crippen LogP) is 5.96. The van der Waals surface area contributed by atoms with E-state index in [9.17, 15) is 9.90 Å². The van der Waals surface area contributed by atoms with Crippen molar-refractivity contribution in [3.8, 4) is 5.75 Å². The summed E-state index contributed by atoms with van der Waals surface area (Å²) in [5.74, 6) is 0.354. The number of aryl methyl sites for hydroxylation is 2. The summed E-state index contributed by atoms with van der Waals surface area (Å²) in [5.41, 5.74) is 7.40. The fourth-order valence-corrected chi connectivity index (χ4v) is 4.61. The number of allylic oxidation sites excluding steroid dienone is 2. The third-order valence-electron chi connectivity index (χ3n) is 6.25. The van der Waals surface area contributed by atoms with Crippen molar-refractivity contribution in [1.29, 1.82) is 0 Å². The average Bonchev–Trinajstić information content (AvgIpc) is 2.79. The third kappa shape index (κ3) is 3.51. The molecule has 4 heteroatoms. The zero-order chi connectivity index (χ0) is 21.6. The molecule has 0 unspecified atom stereocenters. The van der Waals surface area contributed by atoms with Gasteiger partial charge >= 0.3 is 0 Å². The molecular weight excluding hydrogens is 372 g/mol. The van der Waals surface area contributed by atoms with Gasteiger partial charge in [0.05, 0.1) is 17.4 Å². The molecule has 0 aromatic heterocycles. The number of ketones is 1. The number of nitrogens with one attached hydrogen (secondary N) is 2. The fourth-order valence-electron chi connectivity index (χ4n) is 4.61. The lowest BCUT2D eigenvalue weighted by molar-refractivity contribution is -0.118. The summed E-state index contributed by atoms with van der Waals surface area (Å²) in [6, 6.07) is 9.58. The molecule has 0 saturated carbocycles. The van der Waals surface area contributed by atoms with E-state index in [1.165, 1.54) is 11.1 Å². The average molecular weight is 403 g/mol. The smallest absolute Gasteiger partial charge is 0.163 e. The SMILES string of the molecule is C=CCc1cccc([C@H]2Nc3cc(C)c(C)cc3NC3=C2C(=O)CC(C)(C)C3)c1O. The van der Waals surface area contributed by atoms with Crippen LogP contribution in [0.15, 0.2) is 54.3 Å². The van der Waals surface area contributed by atoms with Crippen molar-refractivity contribution in [3.63, 3.8) is 0 Å². The number of anilines is 2. The molecule has 0 radical (unpaired) electrons. The van der Waals surface area contributed by atoms with Crippen LogP contribution < -0.4 is 10.6 Å². The van der Waals surface area contributed by atoms with Gasteiger partial charge in [0.15, 0.2) is 5.78 Å². The normalized spacial score (nSPS) is 19.9. The second kappa shape index (κ2) is 7.35. The highest BCUT2D eigenvalue weighted by Crippen LogP contribution is 2.47. The number of benzene rings is 2. The Hall–Kier alpha value is -3.01. The van der Waals surface area contributed by atoms with Crippen LogP contribution in [0.25, 0.3) is 0 Å². The van der Waals surface area contributed by atoms with Gasteiger partial charge in [0.25, 0.3) is 0 Å². The van der Waals surface area contributed by atoms with E-state index in [2.05, 4.69) is 57.0 Å². The first kappa shape index (κ1) is 20.3. The summed E-state index contributed by atoms with van der Waals surface area (Å²) in [6.07, 6.45) is 3.63. The molecule has 1 aliphatic carbocycles. The summed E-state index contributed by atoms with van der Waals surface area (Å²) < 4.78 is 0. The Morgan fingerprint density at radius 1 is 1.17 bits per heavy atom. The number of phenolic OH excluding ortho intramolecular Hbond substituents is 1. The Balaban J connectivity index is 1.93. The van der Waals surface area contributed by atoms with E-state index >= 15 is 0 Å². The number of para-hydroxylation sites is 1. The van der Waals surface area contributed by atoms with E-state index in [-0.39, 0.29) is 16.9 Å². The molecule has 30 heavy (non-hydrogen) atoms. The Kier molecular flexibility index (Phi) is 4.97. The molecule has 0 amide bonds. The molecule has 0 saturated heterocycles. The van der Waals surface area contributed by atoms with Gasteiger partial charge in [-0.25, -0.2) is 0 Å². The molecule has 2 aromatic rings. The molecule has 2 aromatic carbocycles. The van der Waals surface area contributed by atoms with Crippen molar-refractivity contribution in [2.75, 3.05) is 10.6 Å². The van der Waals surface area contributed by atoms with Crippen molar-refractivity contribution in [1.82, 2.24) is 0 Å². The maximum absolute atomic E-state index is 13.4. The third-order valence-corrected chi connectivity index (χ3v) is 6.25. The van der Waals surface area contributed by atoms with Gasteiger partial charge in [-0.3, -0.25) is 4.79 Å². The Morgan fingerprint density at radius 2 is 1.87 bits per heavy atom. The number of rotatable bonds is 3. The summed E-state index contributed by atoms with van der Waals surface area (Å²) >= 11 is 0. The van der Waals surface area contributed by atoms with Crippen LogP contribution in [0.3, 0.4) is 0 Å². The van der Waals surface area contributed by atoms with Crippen LogP contribution in [0.1, 0.15) is 55.0 Å². The molecule has 1 heterocycles. The van der Waals surface area contributed by atoms with Gasteiger partial charge in [0.1, 0.15) is 5.75 Å². The second-order valence-electron chi connectivity index (χ2n) is 9.37. The van der Waals surface area contributed by atoms with Gasteiger partial charge in [-0.05, 0) is 60.9 Å². The standard InChI is InChI=1S/C26H30N2O2/c1-6-8-17-9-7-10-18(25(17)30)24-23-21(13-26(4,5)14-22(23)29)27-19-11-15(2)16(3)12-20(19)28-24/h6-7,9-12,24,27-28,30H,1,8,13-14H2,2-5H3/t24-/m1/s1. The van der Waals surface area contributed by atoms with Crippen molar-refractivity contribution in [3.05, 3.63) is 76.5 Å². The number of carbonyl (C=O) groups is 1. The molecule has 1 aliphatic heterocycles. The van der Waals surface area contributed by atoms with Crippen LogP contribution >= 0.6 is 0 Å². The first-order chi connectivity index (χ1) is 14.2. The number of Topliss-reactive ketones (excluding diaryl/α,β-unsaturated/α-hetero) is 1. The number of phenols is 1. The lowest BCUT2D eigenvalue weighted by Gasteiger charge is -2.34. The molecule has 4 rings (SSSR count). The minimum absolute atomic E-state index is 0.107. The summed E-state index contributed by atoms with van der Waals surface area (Å²) in [4.78, 5) is 13.4. The Labute approximate surface area is 178 Å². The highest BCUT2D eigenvalue weighted by atomic mass is 16.3. The van der Waals surface area contributed by atoms with E-state index in [0.29, 0.717) is 12.8 Å². The lowest BCUT2D eigenvalue weighted by atomic mass is 9.73. The number of carbonyl (C=O) groups excluding carboxylic acids is 1. The highest BCUT2D eigenvalue weighted by molar-refractivity contribution is 6.01. The molecule has 156 valence electrons. The van der Waals surface area contributed by atoms with Gasteiger partial charge < -0.3 is 15.7 Å². The van der Waals surface area contributed by atoms with E-state index < -0.39 is 6.04 Å². The molecule has 1 atom stereocenters. The first-order valence-electron chi connectivity index (χ1n) is 10.5. The van der Waals surface area contributed by atoms with Crippen LogP contribution in [-0.4, -0.2) is 10.9 Å². The Bertz CT molecular complexity index is 1080. The van der Waals surface area contributed by atoms with Gasteiger partial charge in [-0.15, -0.1) is 6.58 Å². The minimum Gasteiger partial charge on any atom is -0.507 e. The second-order valence-corrected chi connectivity index (χ2v) is 9.37. The van der Waals surface area contributed by atoms with Crippen LogP contribution in [0.2, 0.25) is 0 Å². The first-order valence-corrected chi connectivity index (χ1v) is 10.5. The van der Waals surface area contributed by atoms with Gasteiger partial charge in [-0.1, -0.05) is 38.1 Å². The van der Waals surface area contributed by atoms with Gasteiger partial charge in [0, 0.05) is 23.3 Å². The number of hydrogen-bond acceptors (Lipinski definition) is 4. The monoisotopic (exact) mass is 402 g/mol. The molecule has 2 aliphatic rings. The van der Waals surface area contributed by atoms with Crippen molar-refractivity contribution >= 4 is 17.2 Å². The maximum atomic E-state index is 13.4. The predicted molar refractivity (Wildman–Crippen MR) is 123 cm³/mol. The topological polar surface area (TPSA) is 61.4 Å². The quantitative estimate of drug-likeness (QED) is 0.555. The van der Waals surface area contributed by atoms with E-state index in [1.54, 1.807) is 6.08 Å². The number of hydrogen-bond donors (Lipinski definition) is 3. The van der Waals surface area contributed by atoms with Gasteiger partial charge in [-0.2, -0.15) is 0 Å². The van der Waals surface area contributed by atoms with Crippen LogP contribution in [0.5, 0.6) is 5.75 Å². The minimum atomic E-state index is -0.413. The maximum Gasteiger partial charge on any atom is 0.163 e. The molecule has 0 fully saturated rings. The summed E-state index contributed by atoms with van der Waals surface area (Å²) in [6.45, 7) is 12.2. The zero-order valence-electron chi connectivity index (χ0n) is 18.2. The molecule has 4 nitrogen and oxygen atoms in total. The van der Waals surface area contributed by atoms with Crippen molar-refractivity contribution < 1.29 is 9.90 Å². The summed E-state index contributed by atoms with van der Waals surface area (Å²) in [7, 11) is 0. The molecule has 0 bridgehead atoms. The van der Waals surface area contributed by atoms with Crippen molar-refractivity contribution in [2.24, 2.45) is 5.41 Å². The lowest BCUT2D eigenvalue weighted by Crippen LogP contribution is -2.31. The molecule has 3 N–H and O–H groups in total. The molecule has 0 spiro atoms. The Morgan fingerprint density at radius 3 is 2.57 bits per heavy atom. The van der Waals surface area contributed by atoms with E-state index in [1.807, 2.05) is 18.2 Å². The summed E-state index contributed by atoms with van der Waals surface area (Å²) in [5, 5.41) is 18.2. The van der Waals surface area contributed by atoms with Gasteiger partial charge in [0.2, 0.25) is 0 Å². The van der Waals surface area contributed by atoms with E-state index in [4.69, 9.17) is 0 Å². The zero-order valence-corrected chi connectivity index (χ0v) is 18.2. The van der Waals surface area contributed by atoms with Crippen molar-refractivity contribution in [2.45, 2.75) is 53.0 Å².